The third kappa shape index (κ3) is 4.84. The minimum Gasteiger partial charge on any atom is -0.465 e. The van der Waals surface area contributed by atoms with Crippen molar-refractivity contribution in [2.45, 2.75) is 26.2 Å². The van der Waals surface area contributed by atoms with Gasteiger partial charge in [-0.3, -0.25) is 4.79 Å². The monoisotopic (exact) mass is 393 g/mol. The van der Waals surface area contributed by atoms with E-state index < -0.39 is 11.9 Å². The number of rotatable bonds is 6. The molecule has 1 aliphatic rings. The molecule has 0 aromatic carbocycles. The molecular formula is C18H23N3O5S. The van der Waals surface area contributed by atoms with Crippen LogP contribution in [0.25, 0.3) is 0 Å². The van der Waals surface area contributed by atoms with Crippen LogP contribution in [-0.4, -0.2) is 56.6 Å². The van der Waals surface area contributed by atoms with Crippen LogP contribution in [0.5, 0.6) is 0 Å². The largest absolute Gasteiger partial charge is 0.465 e. The maximum Gasteiger partial charge on any atom is 0.348 e. The third-order valence-electron chi connectivity index (χ3n) is 4.64. The van der Waals surface area contributed by atoms with Crippen molar-refractivity contribution in [2.75, 3.05) is 39.2 Å². The second kappa shape index (κ2) is 9.48. The number of methoxy groups -OCH3 is 2. The van der Waals surface area contributed by atoms with E-state index in [1.165, 1.54) is 14.2 Å². The molecule has 0 bridgehead atoms. The van der Waals surface area contributed by atoms with Gasteiger partial charge in [0, 0.05) is 18.9 Å². The summed E-state index contributed by atoms with van der Waals surface area (Å²) in [5, 5.41) is 11.8. The molecule has 0 aliphatic carbocycles. The Morgan fingerprint density at radius 1 is 1.22 bits per heavy atom. The predicted molar refractivity (Wildman–Crippen MR) is 99.8 cm³/mol. The Balaban J connectivity index is 2.12. The Kier molecular flexibility index (Phi) is 7.33. The summed E-state index contributed by atoms with van der Waals surface area (Å²) in [7, 11) is 2.51. The number of esters is 2. The van der Waals surface area contributed by atoms with E-state index in [2.05, 4.69) is 16.3 Å². The van der Waals surface area contributed by atoms with Gasteiger partial charge in [-0.2, -0.15) is 5.26 Å². The summed E-state index contributed by atoms with van der Waals surface area (Å²) in [6.45, 7) is 3.84. The first-order valence-electron chi connectivity index (χ1n) is 8.63. The normalized spacial score (nSPS) is 15.0. The molecule has 1 aromatic rings. The van der Waals surface area contributed by atoms with Crippen LogP contribution < -0.4 is 5.32 Å². The number of nitrogens with zero attached hydrogens (tertiary/aromatic N) is 2. The van der Waals surface area contributed by atoms with E-state index in [0.717, 1.165) is 24.4 Å². The van der Waals surface area contributed by atoms with Gasteiger partial charge in [0.05, 0.1) is 25.9 Å². The van der Waals surface area contributed by atoms with Gasteiger partial charge in [0.25, 0.3) is 0 Å². The molecule has 0 unspecified atom stereocenters. The van der Waals surface area contributed by atoms with Crippen LogP contribution in [0.2, 0.25) is 0 Å². The molecule has 0 radical (unpaired) electrons. The number of nitriles is 1. The highest BCUT2D eigenvalue weighted by atomic mass is 32.1. The van der Waals surface area contributed by atoms with Crippen LogP contribution in [0.1, 0.15) is 44.9 Å². The molecule has 0 atom stereocenters. The minimum atomic E-state index is -0.611. The number of thiophene rings is 1. The molecular weight excluding hydrogens is 370 g/mol. The maximum absolute atomic E-state index is 12.7. The molecule has 0 saturated carbocycles. The molecule has 1 aromatic heterocycles. The number of likely N-dealkylation sites (tertiary alicyclic amines) is 1. The number of amides is 1. The summed E-state index contributed by atoms with van der Waals surface area (Å²) < 4.78 is 9.54. The van der Waals surface area contributed by atoms with Gasteiger partial charge in [-0.05, 0) is 38.4 Å². The number of anilines is 1. The van der Waals surface area contributed by atoms with Gasteiger partial charge in [0.1, 0.15) is 9.88 Å². The first kappa shape index (κ1) is 20.9. The molecule has 2 heterocycles. The molecule has 1 amide bonds. The van der Waals surface area contributed by atoms with Crippen LogP contribution in [0.15, 0.2) is 0 Å². The van der Waals surface area contributed by atoms with Gasteiger partial charge in [0.2, 0.25) is 5.91 Å². The van der Waals surface area contributed by atoms with Gasteiger partial charge in [-0.25, -0.2) is 9.59 Å². The third-order valence-corrected chi connectivity index (χ3v) is 5.83. The van der Waals surface area contributed by atoms with Crippen LogP contribution in [0.3, 0.4) is 0 Å². The van der Waals surface area contributed by atoms with Gasteiger partial charge in [0.15, 0.2) is 0 Å². The molecule has 1 saturated heterocycles. The number of ether oxygens (including phenoxy) is 2. The smallest absolute Gasteiger partial charge is 0.348 e. The molecule has 1 fully saturated rings. The lowest BCUT2D eigenvalue weighted by Gasteiger charge is -2.30. The molecule has 1 N–H and O–H groups in total. The zero-order valence-electron chi connectivity index (χ0n) is 15.7. The quantitative estimate of drug-likeness (QED) is 0.738. The number of hydrogen-bond acceptors (Lipinski definition) is 8. The molecule has 8 nitrogen and oxygen atoms in total. The Bertz CT molecular complexity index is 760. The van der Waals surface area contributed by atoms with Gasteiger partial charge in [-0.1, -0.05) is 0 Å². The lowest BCUT2D eigenvalue weighted by atomic mass is 9.96. The summed E-state index contributed by atoms with van der Waals surface area (Å²) in [5.41, 5.74) is 0.614. The first-order valence-corrected chi connectivity index (χ1v) is 9.44. The van der Waals surface area contributed by atoms with E-state index in [-0.39, 0.29) is 22.3 Å². The number of piperidine rings is 1. The van der Waals surface area contributed by atoms with E-state index in [1.807, 2.05) is 0 Å². The average molecular weight is 393 g/mol. The summed E-state index contributed by atoms with van der Waals surface area (Å²) in [5.74, 6) is -1.54. The zero-order valence-corrected chi connectivity index (χ0v) is 16.5. The van der Waals surface area contributed by atoms with Crippen molar-refractivity contribution in [1.82, 2.24) is 4.90 Å². The second-order valence-corrected chi connectivity index (χ2v) is 7.28. The van der Waals surface area contributed by atoms with Crippen molar-refractivity contribution >= 4 is 34.2 Å². The van der Waals surface area contributed by atoms with Crippen molar-refractivity contribution in [2.24, 2.45) is 5.92 Å². The molecule has 2 rings (SSSR count). The van der Waals surface area contributed by atoms with Gasteiger partial charge < -0.3 is 19.7 Å². The van der Waals surface area contributed by atoms with E-state index in [9.17, 15) is 14.4 Å². The van der Waals surface area contributed by atoms with Crippen LogP contribution >= 0.6 is 11.3 Å². The van der Waals surface area contributed by atoms with Crippen molar-refractivity contribution in [1.29, 1.82) is 5.26 Å². The molecule has 1 aliphatic heterocycles. The lowest BCUT2D eigenvalue weighted by molar-refractivity contribution is -0.121. The number of hydrogen-bond donors (Lipinski definition) is 1. The highest BCUT2D eigenvalue weighted by molar-refractivity contribution is 7.18. The summed E-state index contributed by atoms with van der Waals surface area (Å²) in [6, 6.07) is 2.12. The van der Waals surface area contributed by atoms with Gasteiger partial charge in [-0.15, -0.1) is 11.3 Å². The summed E-state index contributed by atoms with van der Waals surface area (Å²) >= 11 is 1.01. The minimum absolute atomic E-state index is 0.183. The lowest BCUT2D eigenvalue weighted by Crippen LogP contribution is -2.38. The fourth-order valence-corrected chi connectivity index (χ4v) is 4.19. The SMILES string of the molecule is COC(=O)c1sc(NC(=O)C2CCN(CCC#N)CC2)c(C(=O)OC)c1C. The fourth-order valence-electron chi connectivity index (χ4n) is 3.08. The number of nitrogens with one attached hydrogen (secondary N) is 1. The maximum atomic E-state index is 12.7. The van der Waals surface area contributed by atoms with Crippen molar-refractivity contribution in [3.8, 4) is 6.07 Å². The molecule has 146 valence electrons. The van der Waals surface area contributed by atoms with Crippen molar-refractivity contribution in [3.63, 3.8) is 0 Å². The molecule has 0 spiro atoms. The highest BCUT2D eigenvalue weighted by Crippen LogP contribution is 2.35. The summed E-state index contributed by atoms with van der Waals surface area (Å²) in [6.07, 6.45) is 1.84. The Hall–Kier alpha value is -2.44. The van der Waals surface area contributed by atoms with Crippen LogP contribution in [-0.2, 0) is 14.3 Å². The summed E-state index contributed by atoms with van der Waals surface area (Å²) in [4.78, 5) is 39.1. The Labute approximate surface area is 162 Å². The fraction of sp³-hybridized carbons (Fsp3) is 0.556. The van der Waals surface area contributed by atoms with Crippen molar-refractivity contribution in [3.05, 3.63) is 16.0 Å². The Morgan fingerprint density at radius 3 is 2.41 bits per heavy atom. The predicted octanol–water partition coefficient (Wildman–Crippen LogP) is 2.19. The second-order valence-electron chi connectivity index (χ2n) is 6.26. The average Bonchev–Trinajstić information content (AvgIpc) is 3.01. The topological polar surface area (TPSA) is 109 Å². The molecule has 9 heteroatoms. The van der Waals surface area contributed by atoms with E-state index >= 15 is 0 Å². The van der Waals surface area contributed by atoms with E-state index in [0.29, 0.717) is 36.4 Å². The van der Waals surface area contributed by atoms with Crippen LogP contribution in [0.4, 0.5) is 5.00 Å². The van der Waals surface area contributed by atoms with Gasteiger partial charge >= 0.3 is 11.9 Å². The van der Waals surface area contributed by atoms with E-state index in [1.54, 1.807) is 6.92 Å². The highest BCUT2D eigenvalue weighted by Gasteiger charge is 2.30. The number of carbonyl (C=O) groups excluding carboxylic acids is 3. The Morgan fingerprint density at radius 2 is 1.85 bits per heavy atom. The first-order chi connectivity index (χ1) is 12.9. The number of carbonyl (C=O) groups is 3. The molecule has 27 heavy (non-hydrogen) atoms. The van der Waals surface area contributed by atoms with Crippen LogP contribution in [0, 0.1) is 24.2 Å². The van der Waals surface area contributed by atoms with Crippen molar-refractivity contribution < 1.29 is 23.9 Å². The van der Waals surface area contributed by atoms with E-state index in [4.69, 9.17) is 14.7 Å². The standard InChI is InChI=1S/C18H23N3O5S/c1-11-13(17(23)25-2)16(27-14(11)18(24)26-3)20-15(22)12-5-9-21(10-6-12)8-4-7-19/h12H,4-6,8-10H2,1-3H3,(H,20,22). The zero-order chi connectivity index (χ0) is 20.0.